The van der Waals surface area contributed by atoms with Crippen LogP contribution in [0.3, 0.4) is 0 Å². The van der Waals surface area contributed by atoms with Crippen LogP contribution in [0.2, 0.25) is 0 Å². The summed E-state index contributed by atoms with van der Waals surface area (Å²) in [7, 11) is -8.92. The molecule has 1 atom stereocenters. The number of pyridine rings is 1. The minimum absolute atomic E-state index is 0.0169. The molecule has 0 aliphatic carbocycles. The second kappa shape index (κ2) is 4.43. The molecule has 0 fully saturated rings. The van der Waals surface area contributed by atoms with Gasteiger partial charge in [0.05, 0.1) is 6.20 Å². The van der Waals surface area contributed by atoms with Crippen LogP contribution >= 0.6 is 15.2 Å². The Labute approximate surface area is 85.4 Å². The highest BCUT2D eigenvalue weighted by atomic mass is 31.2. The lowest BCUT2D eigenvalue weighted by atomic mass is 10.5. The van der Waals surface area contributed by atoms with Crippen molar-refractivity contribution in [3.05, 3.63) is 24.5 Å². The molecule has 9 heteroatoms. The van der Waals surface area contributed by atoms with E-state index in [2.05, 4.69) is 9.51 Å². The first-order valence-electron chi connectivity index (χ1n) is 3.74. The van der Waals surface area contributed by atoms with Crippen molar-refractivity contribution in [2.24, 2.45) is 0 Å². The Bertz CT molecular complexity index is 415. The molecule has 1 aromatic rings. The summed E-state index contributed by atoms with van der Waals surface area (Å²) in [6.07, 6.45) is 2.60. The van der Waals surface area contributed by atoms with Gasteiger partial charge in [0, 0.05) is 6.20 Å². The van der Waals surface area contributed by atoms with Crippen molar-refractivity contribution < 1.29 is 28.3 Å². The molecule has 0 bridgehead atoms. The summed E-state index contributed by atoms with van der Waals surface area (Å²) >= 11 is 0. The zero-order valence-corrected chi connectivity index (χ0v) is 9.21. The van der Waals surface area contributed by atoms with Gasteiger partial charge in [-0.05, 0) is 12.1 Å². The number of hydrogen-bond acceptors (Lipinski definition) is 4. The zero-order valence-electron chi connectivity index (χ0n) is 7.42. The molecular formula is C6H9NO6P2. The fourth-order valence-electron chi connectivity index (χ4n) is 0.827. The first-order valence-corrected chi connectivity index (χ1v) is 7.31. The Morgan fingerprint density at radius 1 is 1.33 bits per heavy atom. The molecule has 0 spiro atoms. The van der Waals surface area contributed by atoms with E-state index >= 15 is 0 Å². The summed E-state index contributed by atoms with van der Waals surface area (Å²) in [5.74, 6) is -1.23. The molecular weight excluding hydrogens is 244 g/mol. The van der Waals surface area contributed by atoms with Gasteiger partial charge in [0.2, 0.25) is 0 Å². The number of rotatable bonds is 4. The van der Waals surface area contributed by atoms with Crippen molar-refractivity contribution in [1.29, 1.82) is 0 Å². The molecule has 7 nitrogen and oxygen atoms in total. The minimum Gasteiger partial charge on any atom is -0.422 e. The van der Waals surface area contributed by atoms with Gasteiger partial charge in [-0.2, -0.15) is 0 Å². The van der Waals surface area contributed by atoms with Crippen LogP contribution in [-0.2, 0) is 9.13 Å². The third-order valence-electron chi connectivity index (χ3n) is 1.25. The van der Waals surface area contributed by atoms with Crippen LogP contribution in [0.5, 0.6) is 5.75 Å². The van der Waals surface area contributed by atoms with E-state index in [1.807, 2.05) is 0 Å². The Balaban J connectivity index is 2.74. The lowest BCUT2D eigenvalue weighted by Gasteiger charge is -2.13. The summed E-state index contributed by atoms with van der Waals surface area (Å²) in [5, 5.41) is 0. The first-order chi connectivity index (χ1) is 6.79. The van der Waals surface area contributed by atoms with E-state index in [1.54, 1.807) is 0 Å². The topological polar surface area (TPSA) is 117 Å². The maximum Gasteiger partial charge on any atom is 0.388 e. The number of aromatic nitrogens is 1. The van der Waals surface area contributed by atoms with Crippen LogP contribution in [-0.4, -0.2) is 25.6 Å². The van der Waals surface area contributed by atoms with E-state index in [1.165, 1.54) is 24.5 Å². The monoisotopic (exact) mass is 253 g/mol. The molecule has 15 heavy (non-hydrogen) atoms. The molecule has 0 amide bonds. The van der Waals surface area contributed by atoms with Crippen LogP contribution in [0, 0.1) is 0 Å². The normalized spacial score (nSPS) is 15.7. The van der Waals surface area contributed by atoms with E-state index in [0.29, 0.717) is 0 Å². The smallest absolute Gasteiger partial charge is 0.388 e. The molecule has 1 heterocycles. The first kappa shape index (κ1) is 12.4. The van der Waals surface area contributed by atoms with Gasteiger partial charge in [0.25, 0.3) is 0 Å². The molecule has 0 radical (unpaired) electrons. The van der Waals surface area contributed by atoms with Gasteiger partial charge in [0.15, 0.2) is 5.90 Å². The largest absolute Gasteiger partial charge is 0.422 e. The molecule has 0 saturated heterocycles. The predicted molar refractivity (Wildman–Crippen MR) is 51.6 cm³/mol. The lowest BCUT2D eigenvalue weighted by Crippen LogP contribution is -1.98. The average Bonchev–Trinajstić information content (AvgIpc) is 1.99. The number of nitrogens with zero attached hydrogens (tertiary/aromatic N) is 1. The Morgan fingerprint density at radius 2 is 2.00 bits per heavy atom. The Morgan fingerprint density at radius 3 is 2.47 bits per heavy atom. The fourth-order valence-corrected chi connectivity index (χ4v) is 3.36. The van der Waals surface area contributed by atoms with Gasteiger partial charge in [-0.25, -0.2) is 4.57 Å². The van der Waals surface area contributed by atoms with Crippen molar-refractivity contribution in [2.45, 2.75) is 0 Å². The highest BCUT2D eigenvalue weighted by Gasteiger charge is 2.32. The maximum absolute atomic E-state index is 11.2. The van der Waals surface area contributed by atoms with Gasteiger partial charge >= 0.3 is 15.2 Å². The Hall–Kier alpha value is -0.710. The van der Waals surface area contributed by atoms with E-state index in [9.17, 15) is 9.13 Å². The molecule has 1 rings (SSSR count). The predicted octanol–water partition coefficient (Wildman–Crippen LogP) is 0.781. The molecule has 0 aliphatic rings. The van der Waals surface area contributed by atoms with Crippen LogP contribution in [0.25, 0.3) is 0 Å². The molecule has 84 valence electrons. The third kappa shape index (κ3) is 5.06. The molecule has 0 aromatic carbocycles. The van der Waals surface area contributed by atoms with E-state index in [4.69, 9.17) is 14.7 Å². The summed E-state index contributed by atoms with van der Waals surface area (Å²) in [6, 6.07) is 2.82. The second-order valence-electron chi connectivity index (χ2n) is 2.72. The summed E-state index contributed by atoms with van der Waals surface area (Å²) in [4.78, 5) is 29.8. The van der Waals surface area contributed by atoms with Crippen LogP contribution in [0.15, 0.2) is 24.5 Å². The fraction of sp³-hybridized carbons (Fsp3) is 0.167. The molecule has 0 aliphatic heterocycles. The van der Waals surface area contributed by atoms with Crippen molar-refractivity contribution in [2.75, 3.05) is 5.90 Å². The van der Waals surface area contributed by atoms with Crippen LogP contribution in [0.1, 0.15) is 0 Å². The van der Waals surface area contributed by atoms with Gasteiger partial charge in [-0.3, -0.25) is 9.55 Å². The SMILES string of the molecule is O=P(O)(O)CP(=O)(O)Oc1cccnc1. The van der Waals surface area contributed by atoms with Gasteiger partial charge in [-0.1, -0.05) is 0 Å². The molecule has 1 aromatic heterocycles. The summed E-state index contributed by atoms with van der Waals surface area (Å²) in [5.41, 5.74) is 0. The van der Waals surface area contributed by atoms with Crippen molar-refractivity contribution in [3.63, 3.8) is 0 Å². The minimum atomic E-state index is -4.58. The van der Waals surface area contributed by atoms with E-state index < -0.39 is 21.1 Å². The highest BCUT2D eigenvalue weighted by molar-refractivity contribution is 7.70. The van der Waals surface area contributed by atoms with E-state index in [0.717, 1.165) is 0 Å². The maximum atomic E-state index is 11.2. The van der Waals surface area contributed by atoms with Crippen molar-refractivity contribution in [1.82, 2.24) is 4.98 Å². The highest BCUT2D eigenvalue weighted by Crippen LogP contribution is 2.54. The van der Waals surface area contributed by atoms with Crippen LogP contribution < -0.4 is 4.52 Å². The quantitative estimate of drug-likeness (QED) is 0.678. The van der Waals surface area contributed by atoms with Crippen molar-refractivity contribution in [3.8, 4) is 5.75 Å². The number of hydrogen-bond donors (Lipinski definition) is 3. The zero-order chi connectivity index (χ0) is 11.5. The van der Waals surface area contributed by atoms with E-state index in [-0.39, 0.29) is 5.75 Å². The molecule has 3 N–H and O–H groups in total. The standard InChI is InChI=1S/C6H9NO6P2/c8-14(9,10)5-15(11,12)13-6-2-1-3-7-4-6/h1-4H,5H2,(H,11,12)(H2,8,9,10). The van der Waals surface area contributed by atoms with Crippen molar-refractivity contribution >= 4 is 15.2 Å². The second-order valence-corrected chi connectivity index (χ2v) is 6.64. The molecule has 0 saturated carbocycles. The summed E-state index contributed by atoms with van der Waals surface area (Å²) in [6.45, 7) is 0. The lowest BCUT2D eigenvalue weighted by molar-refractivity contribution is 0.359. The Kier molecular flexibility index (Phi) is 3.65. The van der Waals surface area contributed by atoms with Gasteiger partial charge in [-0.15, -0.1) is 0 Å². The average molecular weight is 253 g/mol. The van der Waals surface area contributed by atoms with Gasteiger partial charge < -0.3 is 19.2 Å². The van der Waals surface area contributed by atoms with Gasteiger partial charge in [0.1, 0.15) is 5.75 Å². The summed E-state index contributed by atoms with van der Waals surface area (Å²) < 4.78 is 26.3. The third-order valence-corrected chi connectivity index (χ3v) is 4.65. The molecule has 1 unspecified atom stereocenters. The van der Waals surface area contributed by atoms with Crippen LogP contribution in [0.4, 0.5) is 0 Å².